The van der Waals surface area contributed by atoms with Gasteiger partial charge < -0.3 is 15.5 Å². The number of rotatable bonds is 7. The highest BCUT2D eigenvalue weighted by Gasteiger charge is 2.14. The SMILES string of the molecule is CCCCNC(=NC)NCC(C)CN1CCCC1.I. The van der Waals surface area contributed by atoms with Gasteiger partial charge in [0, 0.05) is 26.7 Å². The lowest BCUT2D eigenvalue weighted by molar-refractivity contribution is 0.287. The summed E-state index contributed by atoms with van der Waals surface area (Å²) in [5.41, 5.74) is 0. The molecule has 1 rings (SSSR count). The third-order valence-electron chi connectivity index (χ3n) is 3.43. The van der Waals surface area contributed by atoms with Gasteiger partial charge in [-0.2, -0.15) is 0 Å². The van der Waals surface area contributed by atoms with Crippen LogP contribution in [0.25, 0.3) is 0 Å². The largest absolute Gasteiger partial charge is 0.356 e. The average molecular weight is 382 g/mol. The van der Waals surface area contributed by atoms with Crippen molar-refractivity contribution in [1.82, 2.24) is 15.5 Å². The van der Waals surface area contributed by atoms with Gasteiger partial charge >= 0.3 is 0 Å². The Bertz CT molecular complexity index is 240. The summed E-state index contributed by atoms with van der Waals surface area (Å²) < 4.78 is 0. The third kappa shape index (κ3) is 8.68. The predicted molar refractivity (Wildman–Crippen MR) is 94.5 cm³/mol. The van der Waals surface area contributed by atoms with Gasteiger partial charge in [0.25, 0.3) is 0 Å². The molecule has 4 nitrogen and oxygen atoms in total. The smallest absolute Gasteiger partial charge is 0.190 e. The monoisotopic (exact) mass is 382 g/mol. The van der Waals surface area contributed by atoms with Crippen molar-refractivity contribution in [3.8, 4) is 0 Å². The number of hydrogen-bond donors (Lipinski definition) is 2. The minimum atomic E-state index is 0. The summed E-state index contributed by atoms with van der Waals surface area (Å²) in [6.45, 7) is 10.3. The second-order valence-electron chi connectivity index (χ2n) is 5.35. The third-order valence-corrected chi connectivity index (χ3v) is 3.43. The maximum atomic E-state index is 4.24. The molecule has 0 aromatic carbocycles. The van der Waals surface area contributed by atoms with Crippen molar-refractivity contribution in [1.29, 1.82) is 0 Å². The Balaban J connectivity index is 0.00000324. The molecule has 1 unspecified atom stereocenters. The van der Waals surface area contributed by atoms with Gasteiger partial charge in [0.05, 0.1) is 0 Å². The van der Waals surface area contributed by atoms with Gasteiger partial charge in [0.15, 0.2) is 5.96 Å². The molecule has 0 aliphatic carbocycles. The molecule has 1 aliphatic rings. The number of halogens is 1. The van der Waals surface area contributed by atoms with Crippen molar-refractivity contribution >= 4 is 29.9 Å². The molecule has 1 heterocycles. The maximum absolute atomic E-state index is 4.24. The highest BCUT2D eigenvalue weighted by molar-refractivity contribution is 14.0. The topological polar surface area (TPSA) is 39.7 Å². The Morgan fingerprint density at radius 2 is 1.95 bits per heavy atom. The van der Waals surface area contributed by atoms with Crippen molar-refractivity contribution in [3.63, 3.8) is 0 Å². The van der Waals surface area contributed by atoms with Crippen molar-refractivity contribution < 1.29 is 0 Å². The van der Waals surface area contributed by atoms with E-state index in [9.17, 15) is 0 Å². The van der Waals surface area contributed by atoms with Crippen LogP contribution in [0.3, 0.4) is 0 Å². The summed E-state index contributed by atoms with van der Waals surface area (Å²) in [6, 6.07) is 0. The Kier molecular flexibility index (Phi) is 11.7. The van der Waals surface area contributed by atoms with E-state index in [0.717, 1.165) is 19.0 Å². The molecule has 2 N–H and O–H groups in total. The first kappa shape index (κ1) is 19.0. The summed E-state index contributed by atoms with van der Waals surface area (Å²) in [6.07, 6.45) is 5.17. The van der Waals surface area contributed by atoms with Crippen LogP contribution in [0.2, 0.25) is 0 Å². The van der Waals surface area contributed by atoms with E-state index < -0.39 is 0 Å². The van der Waals surface area contributed by atoms with Gasteiger partial charge in [-0.15, -0.1) is 24.0 Å². The van der Waals surface area contributed by atoms with E-state index in [2.05, 4.69) is 34.4 Å². The molecule has 1 saturated heterocycles. The molecular weight excluding hydrogens is 351 g/mol. The van der Waals surface area contributed by atoms with Crippen molar-refractivity contribution in [2.24, 2.45) is 10.9 Å². The minimum Gasteiger partial charge on any atom is -0.356 e. The zero-order chi connectivity index (χ0) is 13.2. The van der Waals surface area contributed by atoms with Gasteiger partial charge in [0.1, 0.15) is 0 Å². The fraction of sp³-hybridized carbons (Fsp3) is 0.929. The van der Waals surface area contributed by atoms with E-state index in [1.807, 2.05) is 7.05 Å². The van der Waals surface area contributed by atoms with Crippen LogP contribution in [0.5, 0.6) is 0 Å². The van der Waals surface area contributed by atoms with Crippen molar-refractivity contribution in [2.45, 2.75) is 39.5 Å². The van der Waals surface area contributed by atoms with Gasteiger partial charge in [-0.25, -0.2) is 0 Å². The van der Waals surface area contributed by atoms with E-state index in [0.29, 0.717) is 5.92 Å². The molecule has 5 heteroatoms. The van der Waals surface area contributed by atoms with Gasteiger partial charge in [-0.1, -0.05) is 20.3 Å². The number of guanidine groups is 1. The molecule has 0 radical (unpaired) electrons. The van der Waals surface area contributed by atoms with E-state index in [-0.39, 0.29) is 24.0 Å². The summed E-state index contributed by atoms with van der Waals surface area (Å²) in [7, 11) is 1.84. The van der Waals surface area contributed by atoms with Crippen molar-refractivity contribution in [2.75, 3.05) is 39.8 Å². The normalized spacial score (nSPS) is 17.9. The predicted octanol–water partition coefficient (Wildman–Crippen LogP) is 2.30. The van der Waals surface area contributed by atoms with Crippen LogP contribution >= 0.6 is 24.0 Å². The highest BCUT2D eigenvalue weighted by atomic mass is 127. The van der Waals surface area contributed by atoms with Gasteiger partial charge in [-0.05, 0) is 38.3 Å². The fourth-order valence-electron chi connectivity index (χ4n) is 2.35. The number of unbranched alkanes of at least 4 members (excludes halogenated alkanes) is 1. The first-order chi connectivity index (χ1) is 8.76. The van der Waals surface area contributed by atoms with Crippen LogP contribution in [0.15, 0.2) is 4.99 Å². The van der Waals surface area contributed by atoms with E-state index >= 15 is 0 Å². The zero-order valence-corrected chi connectivity index (χ0v) is 15.1. The van der Waals surface area contributed by atoms with Crippen LogP contribution in [0.1, 0.15) is 39.5 Å². The molecule has 1 atom stereocenters. The second-order valence-corrected chi connectivity index (χ2v) is 5.35. The summed E-state index contributed by atoms with van der Waals surface area (Å²) >= 11 is 0. The molecule has 1 fully saturated rings. The lowest BCUT2D eigenvalue weighted by atomic mass is 10.1. The maximum Gasteiger partial charge on any atom is 0.190 e. The molecule has 0 bridgehead atoms. The number of hydrogen-bond acceptors (Lipinski definition) is 2. The summed E-state index contributed by atoms with van der Waals surface area (Å²) in [4.78, 5) is 6.81. The number of nitrogens with one attached hydrogen (secondary N) is 2. The zero-order valence-electron chi connectivity index (χ0n) is 12.7. The Labute approximate surface area is 135 Å². The fourth-order valence-corrected chi connectivity index (χ4v) is 2.35. The van der Waals surface area contributed by atoms with E-state index in [4.69, 9.17) is 0 Å². The molecule has 0 spiro atoms. The molecule has 0 aromatic rings. The Hall–Kier alpha value is -0.0400. The number of aliphatic imine (C=N–C) groups is 1. The first-order valence-corrected chi connectivity index (χ1v) is 7.43. The molecule has 114 valence electrons. The molecule has 19 heavy (non-hydrogen) atoms. The molecule has 0 saturated carbocycles. The quantitative estimate of drug-likeness (QED) is 0.307. The van der Waals surface area contributed by atoms with E-state index in [1.165, 1.54) is 45.3 Å². The van der Waals surface area contributed by atoms with Gasteiger partial charge in [-0.3, -0.25) is 4.99 Å². The van der Waals surface area contributed by atoms with E-state index in [1.54, 1.807) is 0 Å². The first-order valence-electron chi connectivity index (χ1n) is 7.43. The van der Waals surface area contributed by atoms with Crippen LogP contribution in [0, 0.1) is 5.92 Å². The van der Waals surface area contributed by atoms with Crippen LogP contribution in [-0.2, 0) is 0 Å². The lowest BCUT2D eigenvalue weighted by Crippen LogP contribution is -2.41. The molecule has 0 amide bonds. The lowest BCUT2D eigenvalue weighted by Gasteiger charge is -2.21. The molecule has 1 aliphatic heterocycles. The molecular formula is C14H31IN4. The number of likely N-dealkylation sites (tertiary alicyclic amines) is 1. The Morgan fingerprint density at radius 1 is 1.26 bits per heavy atom. The van der Waals surface area contributed by atoms with Crippen LogP contribution in [0.4, 0.5) is 0 Å². The second kappa shape index (κ2) is 11.8. The highest BCUT2D eigenvalue weighted by Crippen LogP contribution is 2.09. The van der Waals surface area contributed by atoms with Gasteiger partial charge in [0.2, 0.25) is 0 Å². The average Bonchev–Trinajstić information content (AvgIpc) is 2.86. The summed E-state index contributed by atoms with van der Waals surface area (Å²) in [5.74, 6) is 1.62. The standard InChI is InChI=1S/C14H30N4.HI/c1-4-5-8-16-14(15-3)17-11-13(2)12-18-9-6-7-10-18;/h13H,4-12H2,1-3H3,(H2,15,16,17);1H. The summed E-state index contributed by atoms with van der Waals surface area (Å²) in [5, 5.41) is 6.76. The van der Waals surface area contributed by atoms with Crippen LogP contribution in [-0.4, -0.2) is 50.6 Å². The minimum absolute atomic E-state index is 0. The van der Waals surface area contributed by atoms with Crippen LogP contribution < -0.4 is 10.6 Å². The Morgan fingerprint density at radius 3 is 2.53 bits per heavy atom. The van der Waals surface area contributed by atoms with Crippen molar-refractivity contribution in [3.05, 3.63) is 0 Å². The molecule has 0 aromatic heterocycles. The number of nitrogens with zero attached hydrogens (tertiary/aromatic N) is 2.